The highest BCUT2D eigenvalue weighted by atomic mass is 16.2. The summed E-state index contributed by atoms with van der Waals surface area (Å²) >= 11 is 0. The van der Waals surface area contributed by atoms with Gasteiger partial charge in [0.25, 0.3) is 11.8 Å². The van der Waals surface area contributed by atoms with Crippen LogP contribution in [0.3, 0.4) is 0 Å². The summed E-state index contributed by atoms with van der Waals surface area (Å²) in [5.74, 6) is 0.302. The van der Waals surface area contributed by atoms with Crippen molar-refractivity contribution in [3.63, 3.8) is 0 Å². The van der Waals surface area contributed by atoms with Crippen LogP contribution in [0.2, 0.25) is 0 Å². The van der Waals surface area contributed by atoms with E-state index in [0.29, 0.717) is 29.9 Å². The zero-order chi connectivity index (χ0) is 20.4. The Hall–Kier alpha value is -3.03. The van der Waals surface area contributed by atoms with E-state index in [2.05, 4.69) is 15.0 Å². The minimum Gasteiger partial charge on any atom is -0.368 e. The first-order chi connectivity index (χ1) is 14.0. The summed E-state index contributed by atoms with van der Waals surface area (Å²) in [4.78, 5) is 41.8. The third-order valence-electron chi connectivity index (χ3n) is 5.78. The Morgan fingerprint density at radius 1 is 1.00 bits per heavy atom. The van der Waals surface area contributed by atoms with E-state index < -0.39 is 0 Å². The van der Waals surface area contributed by atoms with Gasteiger partial charge in [-0.25, -0.2) is 9.97 Å². The van der Waals surface area contributed by atoms with Crippen molar-refractivity contribution < 1.29 is 9.59 Å². The number of rotatable bonds is 3. The number of aromatic nitrogens is 3. The Morgan fingerprint density at radius 2 is 1.76 bits per heavy atom. The van der Waals surface area contributed by atoms with Gasteiger partial charge in [-0.3, -0.25) is 14.6 Å². The number of carbonyl (C=O) groups excluding carboxylic acids is 2. The second-order valence-corrected chi connectivity index (χ2v) is 7.79. The van der Waals surface area contributed by atoms with Crippen molar-refractivity contribution in [2.45, 2.75) is 38.5 Å². The van der Waals surface area contributed by atoms with Crippen LogP contribution in [0.1, 0.15) is 63.7 Å². The van der Waals surface area contributed by atoms with Gasteiger partial charge in [0.15, 0.2) is 0 Å². The maximum Gasteiger partial charge on any atom is 0.257 e. The Labute approximate surface area is 170 Å². The Bertz CT molecular complexity index is 908. The third kappa shape index (κ3) is 4.06. The number of anilines is 1. The van der Waals surface area contributed by atoms with E-state index in [0.717, 1.165) is 44.5 Å². The fraction of sp³-hybridized carbons (Fsp3) is 0.476. The van der Waals surface area contributed by atoms with Crippen LogP contribution in [0, 0.1) is 6.92 Å². The van der Waals surface area contributed by atoms with E-state index in [9.17, 15) is 9.59 Å². The normalized spacial score (nSPS) is 19.4. The van der Waals surface area contributed by atoms with Crippen molar-refractivity contribution in [3.8, 4) is 0 Å². The van der Waals surface area contributed by atoms with E-state index in [1.165, 1.54) is 6.20 Å². The number of amides is 2. The maximum atomic E-state index is 12.9. The summed E-state index contributed by atoms with van der Waals surface area (Å²) in [6.07, 6.45) is 7.19. The van der Waals surface area contributed by atoms with E-state index >= 15 is 0 Å². The molecule has 0 spiro atoms. The lowest BCUT2D eigenvalue weighted by Gasteiger charge is -2.32. The van der Waals surface area contributed by atoms with Gasteiger partial charge >= 0.3 is 0 Å². The largest absolute Gasteiger partial charge is 0.368 e. The number of pyridine rings is 1. The molecule has 0 radical (unpaired) electrons. The second kappa shape index (κ2) is 8.14. The molecular weight excluding hydrogens is 368 g/mol. The first-order valence-corrected chi connectivity index (χ1v) is 10.2. The highest BCUT2D eigenvalue weighted by Gasteiger charge is 2.28. The van der Waals surface area contributed by atoms with Crippen molar-refractivity contribution in [2.24, 2.45) is 0 Å². The molecule has 0 aromatic carbocycles. The summed E-state index contributed by atoms with van der Waals surface area (Å²) in [5.41, 5.74) is 8.23. The van der Waals surface area contributed by atoms with Crippen molar-refractivity contribution in [1.29, 1.82) is 0 Å². The van der Waals surface area contributed by atoms with Crippen LogP contribution < -0.4 is 5.73 Å². The Morgan fingerprint density at radius 3 is 2.45 bits per heavy atom. The SMILES string of the molecule is Cc1nc(N)ncc1C(=O)N1CCC[C@@H](c2ccc(C(=O)N3CCCC3)cn2)C1. The molecule has 4 heterocycles. The van der Waals surface area contributed by atoms with Crippen LogP contribution in [0.5, 0.6) is 0 Å². The number of hydrogen-bond acceptors (Lipinski definition) is 6. The summed E-state index contributed by atoms with van der Waals surface area (Å²) in [6, 6.07) is 3.79. The van der Waals surface area contributed by atoms with E-state index in [1.807, 2.05) is 21.9 Å². The molecule has 2 aromatic rings. The van der Waals surface area contributed by atoms with Gasteiger partial charge in [-0.05, 0) is 44.7 Å². The number of nitrogens with two attached hydrogens (primary N) is 1. The lowest BCUT2D eigenvalue weighted by Crippen LogP contribution is -2.39. The van der Waals surface area contributed by atoms with Gasteiger partial charge < -0.3 is 15.5 Å². The molecule has 0 bridgehead atoms. The van der Waals surface area contributed by atoms with Crippen LogP contribution in [0.4, 0.5) is 5.95 Å². The minimum atomic E-state index is -0.0759. The van der Waals surface area contributed by atoms with Crippen LogP contribution in [0.15, 0.2) is 24.5 Å². The molecule has 0 aliphatic carbocycles. The highest BCUT2D eigenvalue weighted by Crippen LogP contribution is 2.27. The molecule has 2 aliphatic rings. The van der Waals surface area contributed by atoms with Gasteiger partial charge in [0, 0.05) is 50.2 Å². The fourth-order valence-electron chi connectivity index (χ4n) is 4.14. The molecule has 2 aromatic heterocycles. The molecule has 0 saturated carbocycles. The zero-order valence-electron chi connectivity index (χ0n) is 16.7. The Kier molecular flexibility index (Phi) is 5.42. The van der Waals surface area contributed by atoms with Gasteiger partial charge in [0.1, 0.15) is 0 Å². The maximum absolute atomic E-state index is 12.9. The quantitative estimate of drug-likeness (QED) is 0.854. The van der Waals surface area contributed by atoms with Gasteiger partial charge in [0.05, 0.1) is 16.8 Å². The second-order valence-electron chi connectivity index (χ2n) is 7.79. The molecule has 8 nitrogen and oxygen atoms in total. The highest BCUT2D eigenvalue weighted by molar-refractivity contribution is 5.95. The number of aryl methyl sites for hydroxylation is 1. The number of carbonyl (C=O) groups is 2. The molecule has 4 rings (SSSR count). The monoisotopic (exact) mass is 394 g/mol. The van der Waals surface area contributed by atoms with E-state index in [1.54, 1.807) is 13.1 Å². The van der Waals surface area contributed by atoms with Gasteiger partial charge in [-0.15, -0.1) is 0 Å². The van der Waals surface area contributed by atoms with Crippen LogP contribution in [-0.4, -0.2) is 62.7 Å². The summed E-state index contributed by atoms with van der Waals surface area (Å²) in [6.45, 7) is 4.72. The van der Waals surface area contributed by atoms with Crippen molar-refractivity contribution in [2.75, 3.05) is 31.9 Å². The lowest BCUT2D eigenvalue weighted by molar-refractivity contribution is 0.0704. The van der Waals surface area contributed by atoms with E-state index in [4.69, 9.17) is 5.73 Å². The molecule has 2 N–H and O–H groups in total. The van der Waals surface area contributed by atoms with Crippen LogP contribution in [0.25, 0.3) is 0 Å². The van der Waals surface area contributed by atoms with Gasteiger partial charge in [-0.2, -0.15) is 0 Å². The Balaban J connectivity index is 1.45. The predicted octanol–water partition coefficient (Wildman–Crippen LogP) is 2.02. The molecule has 2 fully saturated rings. The third-order valence-corrected chi connectivity index (χ3v) is 5.78. The summed E-state index contributed by atoms with van der Waals surface area (Å²) < 4.78 is 0. The standard InChI is InChI=1S/C21H26N6O2/c1-14-17(12-24-21(22)25-14)20(29)27-10-4-5-16(13-27)18-7-6-15(11-23-18)19(28)26-8-2-3-9-26/h6-7,11-12,16H,2-5,8-10,13H2,1H3,(H2,22,24,25)/t16-/m1/s1. The topological polar surface area (TPSA) is 105 Å². The average Bonchev–Trinajstić information content (AvgIpc) is 3.28. The number of piperidine rings is 1. The number of nitrogen functional groups attached to an aromatic ring is 1. The minimum absolute atomic E-state index is 0.0563. The number of hydrogen-bond donors (Lipinski definition) is 1. The first kappa shape index (κ1) is 19.3. The first-order valence-electron chi connectivity index (χ1n) is 10.2. The molecule has 8 heteroatoms. The van der Waals surface area contributed by atoms with Gasteiger partial charge in [-0.1, -0.05) is 0 Å². The molecule has 0 unspecified atom stereocenters. The molecule has 2 amide bonds. The van der Waals surface area contributed by atoms with E-state index in [-0.39, 0.29) is 23.7 Å². The van der Waals surface area contributed by atoms with Crippen molar-refractivity contribution in [1.82, 2.24) is 24.8 Å². The fourth-order valence-corrected chi connectivity index (χ4v) is 4.14. The van der Waals surface area contributed by atoms with Crippen LogP contribution >= 0.6 is 0 Å². The number of nitrogens with zero attached hydrogens (tertiary/aromatic N) is 5. The molecule has 1 atom stereocenters. The molecular formula is C21H26N6O2. The smallest absolute Gasteiger partial charge is 0.257 e. The zero-order valence-corrected chi connectivity index (χ0v) is 16.7. The lowest BCUT2D eigenvalue weighted by atomic mass is 9.93. The van der Waals surface area contributed by atoms with Crippen LogP contribution in [-0.2, 0) is 0 Å². The van der Waals surface area contributed by atoms with Crippen molar-refractivity contribution >= 4 is 17.8 Å². The molecule has 29 heavy (non-hydrogen) atoms. The van der Waals surface area contributed by atoms with Crippen molar-refractivity contribution in [3.05, 3.63) is 47.0 Å². The molecule has 2 saturated heterocycles. The summed E-state index contributed by atoms with van der Waals surface area (Å²) in [5, 5.41) is 0. The molecule has 152 valence electrons. The number of likely N-dealkylation sites (tertiary alicyclic amines) is 2. The predicted molar refractivity (Wildman–Crippen MR) is 108 cm³/mol. The van der Waals surface area contributed by atoms with Gasteiger partial charge in [0.2, 0.25) is 5.95 Å². The average molecular weight is 394 g/mol. The summed E-state index contributed by atoms with van der Waals surface area (Å²) in [7, 11) is 0. The molecule has 2 aliphatic heterocycles.